The Hall–Kier alpha value is -1.26. The van der Waals surface area contributed by atoms with Crippen molar-refractivity contribution in [1.29, 1.82) is 0 Å². The largest absolute Gasteiger partial charge is 0.441 e. The summed E-state index contributed by atoms with van der Waals surface area (Å²) >= 11 is 0. The van der Waals surface area contributed by atoms with E-state index in [-0.39, 0.29) is 23.6 Å². The predicted molar refractivity (Wildman–Crippen MR) is 81.0 cm³/mol. The third kappa shape index (κ3) is 3.50. The van der Waals surface area contributed by atoms with E-state index in [0.29, 0.717) is 26.1 Å². The number of nitrogens with zero attached hydrogens (tertiary/aromatic N) is 2. The van der Waals surface area contributed by atoms with Crippen LogP contribution in [-0.4, -0.2) is 53.1 Å². The van der Waals surface area contributed by atoms with Crippen LogP contribution in [-0.2, 0) is 9.53 Å². The van der Waals surface area contributed by atoms with Crippen LogP contribution in [0.1, 0.15) is 59.3 Å². The first-order valence-electron chi connectivity index (χ1n) is 8.28. The molecule has 2 amide bonds. The van der Waals surface area contributed by atoms with E-state index in [1.165, 1.54) is 0 Å². The first-order valence-corrected chi connectivity index (χ1v) is 8.28. The molecule has 2 aliphatic heterocycles. The van der Waals surface area contributed by atoms with Gasteiger partial charge in [-0.15, -0.1) is 0 Å². The van der Waals surface area contributed by atoms with Gasteiger partial charge in [0.05, 0.1) is 6.54 Å². The van der Waals surface area contributed by atoms with Gasteiger partial charge in [-0.3, -0.25) is 4.79 Å². The fourth-order valence-electron chi connectivity index (χ4n) is 3.36. The normalized spacial score (nSPS) is 22.5. The van der Waals surface area contributed by atoms with Gasteiger partial charge in [-0.05, 0) is 19.8 Å². The molecule has 0 radical (unpaired) electrons. The van der Waals surface area contributed by atoms with Crippen LogP contribution in [0.2, 0.25) is 0 Å². The van der Waals surface area contributed by atoms with Crippen molar-refractivity contribution in [3.8, 4) is 0 Å². The van der Waals surface area contributed by atoms with Gasteiger partial charge in [0, 0.05) is 38.4 Å². The van der Waals surface area contributed by atoms with E-state index in [1.807, 2.05) is 16.7 Å². The van der Waals surface area contributed by atoms with Crippen molar-refractivity contribution in [3.05, 3.63) is 0 Å². The van der Waals surface area contributed by atoms with Crippen molar-refractivity contribution in [2.75, 3.05) is 19.6 Å². The molecular weight excluding hydrogens is 268 g/mol. The summed E-state index contributed by atoms with van der Waals surface area (Å²) in [4.78, 5) is 27.8. The number of rotatable bonds is 5. The standard InChI is InChI=1S/C16H28N2O3/c1-4-6-13(3)18-12-16(21-15(18)20)8-10-17(11-9-16)14(19)7-5-2/h13H,4-12H2,1-3H3. The summed E-state index contributed by atoms with van der Waals surface area (Å²) in [6.45, 7) is 8.34. The summed E-state index contributed by atoms with van der Waals surface area (Å²) in [6.07, 6.45) is 4.94. The summed E-state index contributed by atoms with van der Waals surface area (Å²) in [5, 5.41) is 0. The molecule has 0 saturated carbocycles. The van der Waals surface area contributed by atoms with Gasteiger partial charge in [-0.2, -0.15) is 0 Å². The van der Waals surface area contributed by atoms with Gasteiger partial charge >= 0.3 is 6.09 Å². The molecule has 5 heteroatoms. The Labute approximate surface area is 127 Å². The van der Waals surface area contributed by atoms with Gasteiger partial charge in [0.15, 0.2) is 0 Å². The minimum Gasteiger partial charge on any atom is -0.441 e. The number of amides is 2. The SMILES string of the molecule is CCCC(=O)N1CCC2(CC1)CN(C(C)CCC)C(=O)O2. The maximum absolute atomic E-state index is 12.1. The second-order valence-corrected chi connectivity index (χ2v) is 6.45. The second kappa shape index (κ2) is 6.67. The summed E-state index contributed by atoms with van der Waals surface area (Å²) in [5.74, 6) is 0.230. The van der Waals surface area contributed by atoms with Gasteiger partial charge in [0.1, 0.15) is 5.60 Å². The van der Waals surface area contributed by atoms with Crippen molar-refractivity contribution in [2.24, 2.45) is 0 Å². The maximum Gasteiger partial charge on any atom is 0.410 e. The lowest BCUT2D eigenvalue weighted by Crippen LogP contribution is -2.49. The number of hydrogen-bond donors (Lipinski definition) is 0. The Balaban J connectivity index is 1.92. The molecule has 120 valence electrons. The molecule has 1 atom stereocenters. The Morgan fingerprint density at radius 1 is 1.29 bits per heavy atom. The van der Waals surface area contributed by atoms with E-state index in [2.05, 4.69) is 13.8 Å². The zero-order valence-corrected chi connectivity index (χ0v) is 13.6. The van der Waals surface area contributed by atoms with E-state index in [0.717, 1.165) is 32.1 Å². The summed E-state index contributed by atoms with van der Waals surface area (Å²) in [5.41, 5.74) is -0.359. The van der Waals surface area contributed by atoms with Crippen molar-refractivity contribution in [2.45, 2.75) is 70.9 Å². The summed E-state index contributed by atoms with van der Waals surface area (Å²) in [6, 6.07) is 0.238. The van der Waals surface area contributed by atoms with Crippen LogP contribution in [0.4, 0.5) is 4.79 Å². The van der Waals surface area contributed by atoms with E-state index in [4.69, 9.17) is 4.74 Å². The van der Waals surface area contributed by atoms with Crippen LogP contribution in [0.25, 0.3) is 0 Å². The molecule has 0 N–H and O–H groups in total. The van der Waals surface area contributed by atoms with E-state index >= 15 is 0 Å². The molecule has 0 bridgehead atoms. The fraction of sp³-hybridized carbons (Fsp3) is 0.875. The first-order chi connectivity index (χ1) is 10.0. The van der Waals surface area contributed by atoms with E-state index < -0.39 is 0 Å². The lowest BCUT2D eigenvalue weighted by molar-refractivity contribution is -0.134. The van der Waals surface area contributed by atoms with Crippen LogP contribution in [0.3, 0.4) is 0 Å². The van der Waals surface area contributed by atoms with Gasteiger partial charge in [-0.25, -0.2) is 4.79 Å². The lowest BCUT2D eigenvalue weighted by atomic mass is 9.90. The average molecular weight is 296 g/mol. The summed E-state index contributed by atoms with van der Waals surface area (Å²) in [7, 11) is 0. The molecule has 0 aromatic rings. The molecule has 2 fully saturated rings. The Kier molecular flexibility index (Phi) is 5.12. The third-order valence-electron chi connectivity index (χ3n) is 4.73. The van der Waals surface area contributed by atoms with Crippen LogP contribution >= 0.6 is 0 Å². The van der Waals surface area contributed by atoms with Crippen molar-refractivity contribution < 1.29 is 14.3 Å². The first kappa shape index (κ1) is 16.1. The van der Waals surface area contributed by atoms with E-state index in [1.54, 1.807) is 0 Å². The van der Waals surface area contributed by atoms with Crippen molar-refractivity contribution in [1.82, 2.24) is 9.80 Å². The molecule has 1 unspecified atom stereocenters. The number of hydrogen-bond acceptors (Lipinski definition) is 3. The van der Waals surface area contributed by atoms with Gasteiger partial charge in [-0.1, -0.05) is 20.3 Å². The number of piperidine rings is 1. The number of carbonyl (C=O) groups is 2. The predicted octanol–water partition coefficient (Wildman–Crippen LogP) is 2.79. The molecule has 5 nitrogen and oxygen atoms in total. The maximum atomic E-state index is 12.1. The fourth-order valence-corrected chi connectivity index (χ4v) is 3.36. The summed E-state index contributed by atoms with van der Waals surface area (Å²) < 4.78 is 5.71. The topological polar surface area (TPSA) is 49.9 Å². The van der Waals surface area contributed by atoms with Crippen LogP contribution in [0.15, 0.2) is 0 Å². The van der Waals surface area contributed by atoms with Gasteiger partial charge < -0.3 is 14.5 Å². The highest BCUT2D eigenvalue weighted by atomic mass is 16.6. The number of likely N-dealkylation sites (tertiary alicyclic amines) is 1. The second-order valence-electron chi connectivity index (χ2n) is 6.45. The third-order valence-corrected chi connectivity index (χ3v) is 4.73. The number of carbonyl (C=O) groups excluding carboxylic acids is 2. The highest BCUT2D eigenvalue weighted by Gasteiger charge is 2.48. The van der Waals surface area contributed by atoms with Crippen molar-refractivity contribution in [3.63, 3.8) is 0 Å². The molecule has 2 rings (SSSR count). The quantitative estimate of drug-likeness (QED) is 0.784. The monoisotopic (exact) mass is 296 g/mol. The zero-order chi connectivity index (χ0) is 15.5. The van der Waals surface area contributed by atoms with Crippen LogP contribution in [0, 0.1) is 0 Å². The van der Waals surface area contributed by atoms with Crippen molar-refractivity contribution >= 4 is 12.0 Å². The Morgan fingerprint density at radius 2 is 1.95 bits per heavy atom. The minimum absolute atomic E-state index is 0.177. The van der Waals surface area contributed by atoms with E-state index in [9.17, 15) is 9.59 Å². The van der Waals surface area contributed by atoms with Crippen LogP contribution in [0.5, 0.6) is 0 Å². The molecule has 0 aliphatic carbocycles. The zero-order valence-electron chi connectivity index (χ0n) is 13.6. The smallest absolute Gasteiger partial charge is 0.410 e. The average Bonchev–Trinajstić information content (AvgIpc) is 2.77. The molecule has 2 saturated heterocycles. The highest BCUT2D eigenvalue weighted by molar-refractivity contribution is 5.76. The lowest BCUT2D eigenvalue weighted by Gasteiger charge is -2.37. The Bertz CT molecular complexity index is 389. The molecule has 2 aliphatic rings. The molecular formula is C16H28N2O3. The molecule has 0 aromatic heterocycles. The molecule has 0 aromatic carbocycles. The van der Waals surface area contributed by atoms with Crippen LogP contribution < -0.4 is 0 Å². The Morgan fingerprint density at radius 3 is 2.52 bits per heavy atom. The van der Waals surface area contributed by atoms with Gasteiger partial charge in [0.25, 0.3) is 0 Å². The molecule has 1 spiro atoms. The number of ether oxygens (including phenoxy) is 1. The highest BCUT2D eigenvalue weighted by Crippen LogP contribution is 2.34. The van der Waals surface area contributed by atoms with Gasteiger partial charge in [0.2, 0.25) is 5.91 Å². The molecule has 2 heterocycles. The molecule has 21 heavy (non-hydrogen) atoms. The minimum atomic E-state index is -0.359.